The molecule has 0 saturated heterocycles. The monoisotopic (exact) mass is 385 g/mol. The van der Waals surface area contributed by atoms with Gasteiger partial charge in [-0.25, -0.2) is 0 Å². The Balaban J connectivity index is 1.70. The Hall–Kier alpha value is -3.86. The molecule has 4 rings (SSSR count). The first-order chi connectivity index (χ1) is 14.1. The Kier molecular flexibility index (Phi) is 5.12. The fourth-order valence-corrected chi connectivity index (χ4v) is 3.45. The zero-order valence-corrected chi connectivity index (χ0v) is 15.6. The molecule has 0 spiro atoms. The van der Waals surface area contributed by atoms with E-state index in [0.717, 1.165) is 11.1 Å². The molecule has 144 valence electrons. The predicted octanol–water partition coefficient (Wildman–Crippen LogP) is 4.46. The molecule has 1 atom stereocenters. The van der Waals surface area contributed by atoms with Crippen molar-refractivity contribution < 1.29 is 19.1 Å². The summed E-state index contributed by atoms with van der Waals surface area (Å²) in [6.45, 7) is 0.147. The molecule has 29 heavy (non-hydrogen) atoms. The van der Waals surface area contributed by atoms with Crippen LogP contribution >= 0.6 is 0 Å². The smallest absolute Gasteiger partial charge is 0.290 e. The van der Waals surface area contributed by atoms with E-state index in [1.54, 1.807) is 18.2 Å². The summed E-state index contributed by atoms with van der Waals surface area (Å²) >= 11 is 0. The Morgan fingerprint density at radius 1 is 1.00 bits per heavy atom. The predicted molar refractivity (Wildman–Crippen MR) is 109 cm³/mol. The Morgan fingerprint density at radius 2 is 1.69 bits per heavy atom. The average molecular weight is 385 g/mol. The quantitative estimate of drug-likeness (QED) is 0.636. The average Bonchev–Trinajstić information content (AvgIpc) is 3.36. The molecule has 5 heteroatoms. The van der Waals surface area contributed by atoms with Gasteiger partial charge in [-0.1, -0.05) is 66.7 Å². The molecule has 0 bridgehead atoms. The maximum absolute atomic E-state index is 13.0. The molecule has 0 saturated carbocycles. The van der Waals surface area contributed by atoms with Crippen LogP contribution < -0.4 is 0 Å². The molecule has 1 unspecified atom stereocenters. The Bertz CT molecular complexity index is 1070. The molecule has 0 radical (unpaired) electrons. The van der Waals surface area contributed by atoms with Gasteiger partial charge in [-0.3, -0.25) is 9.59 Å². The number of nitrogens with zero attached hydrogens (tertiary/aromatic N) is 1. The largest absolute Gasteiger partial charge is 0.503 e. The first-order valence-electron chi connectivity index (χ1n) is 9.24. The summed E-state index contributed by atoms with van der Waals surface area (Å²) in [5.74, 6) is -0.948. The van der Waals surface area contributed by atoms with Crippen LogP contribution in [0.4, 0.5) is 0 Å². The van der Waals surface area contributed by atoms with Gasteiger partial charge in [0, 0.05) is 0 Å². The summed E-state index contributed by atoms with van der Waals surface area (Å²) in [5.41, 5.74) is 1.67. The summed E-state index contributed by atoms with van der Waals surface area (Å²) in [4.78, 5) is 27.3. The molecular weight excluding hydrogens is 366 g/mol. The van der Waals surface area contributed by atoms with Gasteiger partial charge < -0.3 is 14.4 Å². The minimum Gasteiger partial charge on any atom is -0.503 e. The molecule has 1 amide bonds. The molecular formula is C24H19NO4. The van der Waals surface area contributed by atoms with E-state index >= 15 is 0 Å². The van der Waals surface area contributed by atoms with Crippen molar-refractivity contribution in [3.63, 3.8) is 0 Å². The highest BCUT2D eigenvalue weighted by Gasteiger charge is 2.43. The lowest BCUT2D eigenvalue weighted by Gasteiger charge is -2.25. The van der Waals surface area contributed by atoms with E-state index in [9.17, 15) is 14.7 Å². The van der Waals surface area contributed by atoms with Crippen molar-refractivity contribution in [2.75, 3.05) is 0 Å². The van der Waals surface area contributed by atoms with E-state index < -0.39 is 23.5 Å². The van der Waals surface area contributed by atoms with Crippen LogP contribution in [-0.2, 0) is 16.1 Å². The highest BCUT2D eigenvalue weighted by atomic mass is 16.3. The summed E-state index contributed by atoms with van der Waals surface area (Å²) in [6.07, 6.45) is 4.58. The SMILES string of the molecule is O=C(/C=C/c1ccccc1)C1=C(O)C(=O)N(Cc2ccco2)C1c1ccccc1. The fraction of sp³-hybridized carbons (Fsp3) is 0.0833. The first kappa shape index (κ1) is 18.5. The normalized spacial score (nSPS) is 16.8. The van der Waals surface area contributed by atoms with Gasteiger partial charge >= 0.3 is 0 Å². The number of allylic oxidation sites excluding steroid dienone is 1. The molecule has 3 aromatic rings. The fourth-order valence-electron chi connectivity index (χ4n) is 3.45. The van der Waals surface area contributed by atoms with Gasteiger partial charge in [0.05, 0.1) is 24.4 Å². The van der Waals surface area contributed by atoms with Crippen molar-refractivity contribution in [3.8, 4) is 0 Å². The van der Waals surface area contributed by atoms with Crippen molar-refractivity contribution in [2.24, 2.45) is 0 Å². The number of amides is 1. The topological polar surface area (TPSA) is 70.8 Å². The van der Waals surface area contributed by atoms with Crippen LogP contribution in [-0.4, -0.2) is 21.7 Å². The van der Waals surface area contributed by atoms with E-state index in [2.05, 4.69) is 0 Å². The van der Waals surface area contributed by atoms with Crippen LogP contribution in [0.5, 0.6) is 0 Å². The van der Waals surface area contributed by atoms with Crippen LogP contribution in [0.2, 0.25) is 0 Å². The van der Waals surface area contributed by atoms with Crippen molar-refractivity contribution in [2.45, 2.75) is 12.6 Å². The van der Waals surface area contributed by atoms with Gasteiger partial charge in [0.25, 0.3) is 5.91 Å². The summed E-state index contributed by atoms with van der Waals surface area (Å²) in [6, 6.07) is 21.4. The highest BCUT2D eigenvalue weighted by Crippen LogP contribution is 2.38. The number of furan rings is 1. The third kappa shape index (κ3) is 3.75. The van der Waals surface area contributed by atoms with E-state index in [-0.39, 0.29) is 12.1 Å². The second-order valence-corrected chi connectivity index (χ2v) is 6.70. The number of aliphatic hydroxyl groups is 1. The third-order valence-corrected chi connectivity index (χ3v) is 4.82. The molecule has 2 heterocycles. The second-order valence-electron chi connectivity index (χ2n) is 6.70. The zero-order valence-electron chi connectivity index (χ0n) is 15.6. The summed E-state index contributed by atoms with van der Waals surface area (Å²) in [7, 11) is 0. The molecule has 0 aliphatic carbocycles. The molecule has 1 aliphatic heterocycles. The number of carbonyl (C=O) groups is 2. The lowest BCUT2D eigenvalue weighted by molar-refractivity contribution is -0.130. The number of hydrogen-bond acceptors (Lipinski definition) is 4. The molecule has 1 aliphatic rings. The number of rotatable bonds is 6. The van der Waals surface area contributed by atoms with Crippen LogP contribution in [0.15, 0.2) is 101 Å². The molecule has 0 fully saturated rings. The first-order valence-corrected chi connectivity index (χ1v) is 9.24. The molecule has 2 aromatic carbocycles. The number of aliphatic hydroxyl groups excluding tert-OH is 1. The third-order valence-electron chi connectivity index (χ3n) is 4.82. The van der Waals surface area contributed by atoms with Gasteiger partial charge in [0.15, 0.2) is 11.5 Å². The van der Waals surface area contributed by atoms with E-state index in [4.69, 9.17) is 4.42 Å². The number of ketones is 1. The van der Waals surface area contributed by atoms with E-state index in [1.807, 2.05) is 60.7 Å². The number of hydrogen-bond donors (Lipinski definition) is 1. The van der Waals surface area contributed by atoms with Crippen molar-refractivity contribution in [3.05, 3.63) is 113 Å². The van der Waals surface area contributed by atoms with Crippen molar-refractivity contribution >= 4 is 17.8 Å². The lowest BCUT2D eigenvalue weighted by atomic mass is 9.95. The molecule has 1 N–H and O–H groups in total. The minimum absolute atomic E-state index is 0.0694. The maximum Gasteiger partial charge on any atom is 0.290 e. The summed E-state index contributed by atoms with van der Waals surface area (Å²) < 4.78 is 5.37. The minimum atomic E-state index is -0.693. The zero-order chi connectivity index (χ0) is 20.2. The summed E-state index contributed by atoms with van der Waals surface area (Å²) in [5, 5.41) is 10.6. The van der Waals surface area contributed by atoms with E-state index in [0.29, 0.717) is 5.76 Å². The van der Waals surface area contributed by atoms with Gasteiger partial charge in [-0.2, -0.15) is 0 Å². The molecule has 5 nitrogen and oxygen atoms in total. The van der Waals surface area contributed by atoms with Crippen LogP contribution in [0, 0.1) is 0 Å². The van der Waals surface area contributed by atoms with Crippen LogP contribution in [0.25, 0.3) is 6.08 Å². The van der Waals surface area contributed by atoms with Crippen molar-refractivity contribution in [1.82, 2.24) is 4.90 Å². The van der Waals surface area contributed by atoms with Crippen molar-refractivity contribution in [1.29, 1.82) is 0 Å². The standard InChI is InChI=1S/C24H19NO4/c26-20(14-13-17-8-3-1-4-9-17)21-22(18-10-5-2-6-11-18)25(24(28)23(21)27)16-19-12-7-15-29-19/h1-15,22,27H,16H2/b14-13+. The van der Waals surface area contributed by atoms with E-state index in [1.165, 1.54) is 17.2 Å². The maximum atomic E-state index is 13.0. The van der Waals surface area contributed by atoms with Gasteiger partial charge in [0.2, 0.25) is 0 Å². The Labute approximate surface area is 168 Å². The second kappa shape index (κ2) is 8.02. The van der Waals surface area contributed by atoms with Crippen LogP contribution in [0.1, 0.15) is 22.9 Å². The number of carbonyl (C=O) groups excluding carboxylic acids is 2. The lowest BCUT2D eigenvalue weighted by Crippen LogP contribution is -2.30. The Morgan fingerprint density at radius 3 is 2.34 bits per heavy atom. The van der Waals surface area contributed by atoms with Gasteiger partial charge in [-0.05, 0) is 29.3 Å². The molecule has 1 aromatic heterocycles. The van der Waals surface area contributed by atoms with Gasteiger partial charge in [0.1, 0.15) is 5.76 Å². The van der Waals surface area contributed by atoms with Gasteiger partial charge in [-0.15, -0.1) is 0 Å². The highest BCUT2D eigenvalue weighted by molar-refractivity contribution is 6.14. The number of benzene rings is 2. The van der Waals surface area contributed by atoms with Crippen LogP contribution in [0.3, 0.4) is 0 Å².